The first-order valence-corrected chi connectivity index (χ1v) is 11.4. The Kier molecular flexibility index (Phi) is 4.57. The minimum atomic E-state index is 0.124. The number of rotatable bonds is 4. The molecule has 5 heteroatoms. The van der Waals surface area contributed by atoms with Crippen LogP contribution in [-0.2, 0) is 6.54 Å². The third-order valence-corrected chi connectivity index (χ3v) is 6.76. The Morgan fingerprint density at radius 3 is 2.45 bits per heavy atom. The second-order valence-electron chi connectivity index (χ2n) is 8.88. The van der Waals surface area contributed by atoms with Gasteiger partial charge < -0.3 is 14.0 Å². The number of aryl methyl sites for hydroxylation is 2. The fourth-order valence-corrected chi connectivity index (χ4v) is 4.92. The Morgan fingerprint density at radius 1 is 0.939 bits per heavy atom. The molecule has 3 heterocycles. The number of aromatic nitrogens is 2. The van der Waals surface area contributed by atoms with Gasteiger partial charge in [0.15, 0.2) is 0 Å². The fraction of sp³-hybridized carbons (Fsp3) is 0.214. The maximum atomic E-state index is 12.9. The van der Waals surface area contributed by atoms with E-state index in [1.54, 1.807) is 0 Å². The number of carbonyl (C=O) groups is 1. The van der Waals surface area contributed by atoms with Crippen LogP contribution in [0.5, 0.6) is 0 Å². The lowest BCUT2D eigenvalue weighted by Gasteiger charge is -2.30. The van der Waals surface area contributed by atoms with Crippen molar-refractivity contribution in [3.8, 4) is 11.1 Å². The van der Waals surface area contributed by atoms with Gasteiger partial charge in [-0.3, -0.25) is 4.79 Å². The Hall–Kier alpha value is -3.86. The van der Waals surface area contributed by atoms with Crippen LogP contribution >= 0.6 is 0 Å². The van der Waals surface area contributed by atoms with E-state index < -0.39 is 0 Å². The van der Waals surface area contributed by atoms with Crippen molar-refractivity contribution in [3.63, 3.8) is 0 Å². The minimum absolute atomic E-state index is 0.124. The summed E-state index contributed by atoms with van der Waals surface area (Å²) in [6.45, 7) is 6.39. The van der Waals surface area contributed by atoms with Gasteiger partial charge in [0.1, 0.15) is 5.76 Å². The first kappa shape index (κ1) is 19.8. The molecule has 1 saturated heterocycles. The molecule has 1 aliphatic rings. The van der Waals surface area contributed by atoms with Gasteiger partial charge >= 0.3 is 0 Å². The van der Waals surface area contributed by atoms with Crippen molar-refractivity contribution in [2.75, 3.05) is 13.1 Å². The van der Waals surface area contributed by atoms with Crippen LogP contribution in [0.3, 0.4) is 0 Å². The molecule has 5 aromatic rings. The summed E-state index contributed by atoms with van der Waals surface area (Å²) in [7, 11) is 0. The molecule has 33 heavy (non-hydrogen) atoms. The summed E-state index contributed by atoms with van der Waals surface area (Å²) in [5.41, 5.74) is 7.29. The molecule has 0 saturated carbocycles. The summed E-state index contributed by atoms with van der Waals surface area (Å²) in [6.07, 6.45) is 1.09. The normalized spacial score (nSPS) is 13.6. The van der Waals surface area contributed by atoms with Gasteiger partial charge in [0.2, 0.25) is 0 Å². The molecular formula is C28H25N3O2. The van der Waals surface area contributed by atoms with Gasteiger partial charge in [-0.2, -0.15) is 0 Å². The van der Waals surface area contributed by atoms with E-state index in [1.807, 2.05) is 30.9 Å². The van der Waals surface area contributed by atoms with E-state index in [0.717, 1.165) is 76.0 Å². The molecule has 0 radical (unpaired) electrons. The van der Waals surface area contributed by atoms with E-state index in [-0.39, 0.29) is 5.91 Å². The van der Waals surface area contributed by atoms with Gasteiger partial charge in [-0.05, 0) is 55.7 Å². The minimum Gasteiger partial charge on any atom is -0.361 e. The van der Waals surface area contributed by atoms with Crippen molar-refractivity contribution < 1.29 is 9.32 Å². The average Bonchev–Trinajstić information content (AvgIpc) is 3.29. The number of likely N-dealkylation sites (tertiary alicyclic amines) is 1. The number of benzene rings is 3. The van der Waals surface area contributed by atoms with Crippen molar-refractivity contribution in [1.82, 2.24) is 14.6 Å². The summed E-state index contributed by atoms with van der Waals surface area (Å²) >= 11 is 0. The second-order valence-corrected chi connectivity index (χ2v) is 8.88. The van der Waals surface area contributed by atoms with Crippen molar-refractivity contribution >= 4 is 27.7 Å². The van der Waals surface area contributed by atoms with Crippen molar-refractivity contribution in [2.45, 2.75) is 26.8 Å². The third kappa shape index (κ3) is 3.23. The molecule has 0 unspecified atom stereocenters. The molecule has 1 aliphatic heterocycles. The molecule has 1 amide bonds. The number of hydrogen-bond donors (Lipinski definition) is 0. The molecule has 1 fully saturated rings. The zero-order valence-corrected chi connectivity index (χ0v) is 18.8. The molecule has 6 rings (SSSR count). The van der Waals surface area contributed by atoms with Crippen molar-refractivity contribution in [3.05, 3.63) is 89.3 Å². The molecule has 0 spiro atoms. The molecule has 0 bridgehead atoms. The smallest absolute Gasteiger partial charge is 0.253 e. The third-order valence-electron chi connectivity index (χ3n) is 6.76. The largest absolute Gasteiger partial charge is 0.361 e. The molecule has 0 N–H and O–H groups in total. The number of nitrogens with zero attached hydrogens (tertiary/aromatic N) is 3. The van der Waals surface area contributed by atoms with Gasteiger partial charge in [0, 0.05) is 47.1 Å². The maximum Gasteiger partial charge on any atom is 0.253 e. The maximum absolute atomic E-state index is 12.9. The summed E-state index contributed by atoms with van der Waals surface area (Å²) in [6, 6.07) is 23.1. The van der Waals surface area contributed by atoms with Crippen LogP contribution in [0, 0.1) is 13.8 Å². The quantitative estimate of drug-likeness (QED) is 0.350. The number of carbonyl (C=O) groups excluding carboxylic acids is 1. The lowest BCUT2D eigenvalue weighted by atomic mass is 10.0. The van der Waals surface area contributed by atoms with E-state index in [4.69, 9.17) is 4.52 Å². The number of fused-ring (bicyclic) bond motifs is 3. The van der Waals surface area contributed by atoms with E-state index in [9.17, 15) is 4.79 Å². The van der Waals surface area contributed by atoms with Gasteiger partial charge in [-0.25, -0.2) is 0 Å². The van der Waals surface area contributed by atoms with Crippen molar-refractivity contribution in [2.24, 2.45) is 0 Å². The van der Waals surface area contributed by atoms with E-state index in [2.05, 4.69) is 64.3 Å². The standard InChI is InChI=1S/C28H25N3O2/c1-18-27(19(2)33-29-18)21-9-11-23-24-15-22(28(32)30-13-6-14-30)10-12-25(24)31(26(23)16-21)17-20-7-4-3-5-8-20/h3-5,7-12,15-16H,6,13-14,17H2,1-2H3. The Morgan fingerprint density at radius 2 is 1.76 bits per heavy atom. The Labute approximate surface area is 192 Å². The van der Waals surface area contributed by atoms with Crippen LogP contribution in [0.2, 0.25) is 0 Å². The van der Waals surface area contributed by atoms with Crippen LogP contribution in [-0.4, -0.2) is 33.6 Å². The zero-order valence-electron chi connectivity index (χ0n) is 18.8. The van der Waals surface area contributed by atoms with Crippen LogP contribution < -0.4 is 0 Å². The highest BCUT2D eigenvalue weighted by Crippen LogP contribution is 2.35. The Bertz CT molecular complexity index is 1490. The fourth-order valence-electron chi connectivity index (χ4n) is 4.92. The molecule has 164 valence electrons. The predicted molar refractivity (Wildman–Crippen MR) is 130 cm³/mol. The Balaban J connectivity index is 1.57. The SMILES string of the molecule is Cc1noc(C)c1-c1ccc2c3cc(C(=O)N4CCC4)ccc3n(Cc3ccccc3)c2c1. The highest BCUT2D eigenvalue weighted by Gasteiger charge is 2.23. The number of amides is 1. The van der Waals surface area contributed by atoms with Crippen LogP contribution in [0.4, 0.5) is 0 Å². The topological polar surface area (TPSA) is 51.3 Å². The molecule has 2 aromatic heterocycles. The summed E-state index contributed by atoms with van der Waals surface area (Å²) in [4.78, 5) is 14.8. The average molecular weight is 436 g/mol. The van der Waals surface area contributed by atoms with E-state index in [0.29, 0.717) is 0 Å². The molecule has 0 aliphatic carbocycles. The number of hydrogen-bond acceptors (Lipinski definition) is 3. The second kappa shape index (κ2) is 7.62. The van der Waals surface area contributed by atoms with Gasteiger partial charge in [-0.1, -0.05) is 47.6 Å². The van der Waals surface area contributed by atoms with Crippen LogP contribution in [0.25, 0.3) is 32.9 Å². The van der Waals surface area contributed by atoms with Crippen LogP contribution in [0.1, 0.15) is 33.8 Å². The highest BCUT2D eigenvalue weighted by molar-refractivity contribution is 6.11. The lowest BCUT2D eigenvalue weighted by Crippen LogP contribution is -2.41. The molecule has 3 aromatic carbocycles. The van der Waals surface area contributed by atoms with E-state index >= 15 is 0 Å². The highest BCUT2D eigenvalue weighted by atomic mass is 16.5. The first-order valence-electron chi connectivity index (χ1n) is 11.4. The summed E-state index contributed by atoms with van der Waals surface area (Å²) < 4.78 is 7.78. The molecular weight excluding hydrogens is 410 g/mol. The summed E-state index contributed by atoms with van der Waals surface area (Å²) in [5, 5.41) is 6.40. The summed E-state index contributed by atoms with van der Waals surface area (Å²) in [5.74, 6) is 0.944. The van der Waals surface area contributed by atoms with Gasteiger partial charge in [-0.15, -0.1) is 0 Å². The van der Waals surface area contributed by atoms with E-state index in [1.165, 1.54) is 5.56 Å². The van der Waals surface area contributed by atoms with Gasteiger partial charge in [0.05, 0.1) is 11.2 Å². The zero-order chi connectivity index (χ0) is 22.5. The van der Waals surface area contributed by atoms with Crippen LogP contribution in [0.15, 0.2) is 71.3 Å². The lowest BCUT2D eigenvalue weighted by molar-refractivity contribution is 0.0652. The first-order chi connectivity index (χ1) is 16.1. The molecule has 0 atom stereocenters. The van der Waals surface area contributed by atoms with Crippen molar-refractivity contribution in [1.29, 1.82) is 0 Å². The predicted octanol–water partition coefficient (Wildman–Crippen LogP) is 5.96. The monoisotopic (exact) mass is 435 g/mol. The van der Waals surface area contributed by atoms with Gasteiger partial charge in [0.25, 0.3) is 5.91 Å². The molecule has 5 nitrogen and oxygen atoms in total.